The van der Waals surface area contributed by atoms with Crippen molar-refractivity contribution in [3.8, 4) is 28.8 Å². The van der Waals surface area contributed by atoms with Crippen molar-refractivity contribution in [2.45, 2.75) is 20.3 Å². The molecule has 26 heavy (non-hydrogen) atoms. The molecule has 0 saturated heterocycles. The molecule has 126 valence electrons. The fourth-order valence-electron chi connectivity index (χ4n) is 4.11. The van der Waals surface area contributed by atoms with Gasteiger partial charge in [0, 0.05) is 16.3 Å². The third-order valence-electron chi connectivity index (χ3n) is 5.34. The van der Waals surface area contributed by atoms with E-state index in [0.717, 1.165) is 27.8 Å². The van der Waals surface area contributed by atoms with Gasteiger partial charge in [-0.3, -0.25) is 0 Å². The highest BCUT2D eigenvalue weighted by Crippen LogP contribution is 2.51. The molecule has 0 N–H and O–H groups in total. The minimum atomic E-state index is 0.386. The van der Waals surface area contributed by atoms with Crippen LogP contribution in [-0.4, -0.2) is 0 Å². The Morgan fingerprint density at radius 3 is 2.85 bits per heavy atom. The predicted molar refractivity (Wildman–Crippen MR) is 105 cm³/mol. The number of rotatable bonds is 1. The summed E-state index contributed by atoms with van der Waals surface area (Å²) in [6.07, 6.45) is 2.48. The first kappa shape index (κ1) is 15.4. The van der Waals surface area contributed by atoms with Gasteiger partial charge in [-0.15, -0.1) is 11.3 Å². The summed E-state index contributed by atoms with van der Waals surface area (Å²) in [5.41, 5.74) is 5.81. The highest BCUT2D eigenvalue weighted by atomic mass is 32.1. The predicted octanol–water partition coefficient (Wildman–Crippen LogP) is 5.33. The zero-order chi connectivity index (χ0) is 18.0. The number of thiophene rings is 1. The van der Waals surface area contributed by atoms with E-state index in [4.69, 9.17) is 10.00 Å². The second kappa shape index (κ2) is 5.30. The number of nitrogens with zero attached hydrogens (tertiary/aromatic N) is 2. The molecule has 4 aromatic rings. The summed E-state index contributed by atoms with van der Waals surface area (Å²) in [5.74, 6) is 1.80. The van der Waals surface area contributed by atoms with Crippen molar-refractivity contribution in [2.24, 2.45) is 7.05 Å². The van der Waals surface area contributed by atoms with Gasteiger partial charge in [-0.1, -0.05) is 0 Å². The molecular weight excluding hydrogens is 340 g/mol. The molecule has 3 nitrogen and oxygen atoms in total. The maximum Gasteiger partial charge on any atom is 0.228 e. The Kier molecular flexibility index (Phi) is 3.13. The first-order valence-electron chi connectivity index (χ1n) is 8.61. The summed E-state index contributed by atoms with van der Waals surface area (Å²) in [5, 5.41) is 14.8. The highest BCUT2D eigenvalue weighted by Gasteiger charge is 2.32. The third-order valence-corrected chi connectivity index (χ3v) is 6.38. The Morgan fingerprint density at radius 2 is 2.04 bits per heavy atom. The van der Waals surface area contributed by atoms with Crippen LogP contribution in [0.25, 0.3) is 32.1 Å². The third kappa shape index (κ3) is 1.89. The summed E-state index contributed by atoms with van der Waals surface area (Å²) >= 11 is 1.76. The van der Waals surface area contributed by atoms with Gasteiger partial charge in [0.2, 0.25) is 5.69 Å². The number of fused-ring (bicyclic) bond motifs is 3. The first-order valence-corrected chi connectivity index (χ1v) is 9.49. The number of ether oxygens (including phenoxy) is 1. The summed E-state index contributed by atoms with van der Waals surface area (Å²) in [6, 6.07) is 10.7. The van der Waals surface area contributed by atoms with Gasteiger partial charge in [-0.2, -0.15) is 5.26 Å². The Balaban J connectivity index is 1.97. The van der Waals surface area contributed by atoms with E-state index in [2.05, 4.69) is 61.3 Å². The lowest BCUT2D eigenvalue weighted by Crippen LogP contribution is -2.32. The quantitative estimate of drug-likeness (QED) is 0.380. The summed E-state index contributed by atoms with van der Waals surface area (Å²) in [4.78, 5) is 0. The number of aromatic nitrogens is 1. The van der Waals surface area contributed by atoms with Crippen LogP contribution >= 0.6 is 11.3 Å². The molecule has 4 heteroatoms. The van der Waals surface area contributed by atoms with Crippen LogP contribution in [0.15, 0.2) is 35.8 Å². The highest BCUT2D eigenvalue weighted by molar-refractivity contribution is 7.17. The van der Waals surface area contributed by atoms with Crippen molar-refractivity contribution in [2.75, 3.05) is 0 Å². The van der Waals surface area contributed by atoms with Crippen LogP contribution in [0.4, 0.5) is 0 Å². The lowest BCUT2D eigenvalue weighted by Gasteiger charge is -2.23. The average molecular weight is 357 g/mol. The van der Waals surface area contributed by atoms with Crippen molar-refractivity contribution in [1.82, 2.24) is 0 Å². The van der Waals surface area contributed by atoms with Crippen molar-refractivity contribution < 1.29 is 9.30 Å². The molecular formula is C22H17N2OS+. The molecule has 0 aliphatic carbocycles. The van der Waals surface area contributed by atoms with Gasteiger partial charge in [0.25, 0.3) is 0 Å². The number of hydrogen-bond donors (Lipinski definition) is 0. The zero-order valence-corrected chi connectivity index (χ0v) is 15.7. The van der Waals surface area contributed by atoms with Crippen LogP contribution in [0.1, 0.15) is 16.7 Å². The summed E-state index contributed by atoms with van der Waals surface area (Å²) in [7, 11) is 2.09. The topological polar surface area (TPSA) is 36.9 Å². The average Bonchev–Trinajstić information content (AvgIpc) is 3.12. The van der Waals surface area contributed by atoms with Gasteiger partial charge >= 0.3 is 0 Å². The number of nitriles is 1. The number of benzene rings is 2. The molecule has 2 aromatic heterocycles. The first-order chi connectivity index (χ1) is 12.6. The maximum atomic E-state index is 9.11. The molecule has 0 amide bonds. The molecule has 0 bridgehead atoms. The molecule has 0 unspecified atom stereocenters. The molecule has 1 aliphatic rings. The molecule has 0 spiro atoms. The number of pyridine rings is 1. The van der Waals surface area contributed by atoms with Crippen LogP contribution in [0.2, 0.25) is 0 Å². The smallest absolute Gasteiger partial charge is 0.228 e. The summed E-state index contributed by atoms with van der Waals surface area (Å²) in [6.45, 7) is 4.33. The molecule has 3 heterocycles. The lowest BCUT2D eigenvalue weighted by atomic mass is 9.91. The second-order valence-electron chi connectivity index (χ2n) is 6.89. The molecule has 5 rings (SSSR count). The monoisotopic (exact) mass is 357 g/mol. The van der Waals surface area contributed by atoms with Gasteiger partial charge < -0.3 is 4.74 Å². The van der Waals surface area contributed by atoms with Crippen LogP contribution in [0.3, 0.4) is 0 Å². The maximum absolute atomic E-state index is 9.11. The van der Waals surface area contributed by atoms with Crippen molar-refractivity contribution >= 4 is 32.2 Å². The fraction of sp³-hybridized carbons (Fsp3) is 0.182. The summed E-state index contributed by atoms with van der Waals surface area (Å²) < 4.78 is 9.93. The number of hydrogen-bond acceptors (Lipinski definition) is 3. The van der Waals surface area contributed by atoms with E-state index in [1.165, 1.54) is 32.5 Å². The van der Waals surface area contributed by atoms with Crippen LogP contribution in [0, 0.1) is 25.2 Å². The van der Waals surface area contributed by atoms with Gasteiger partial charge in [0.15, 0.2) is 6.20 Å². The molecule has 0 atom stereocenters. The second-order valence-corrected chi connectivity index (χ2v) is 7.80. The van der Waals surface area contributed by atoms with E-state index in [-0.39, 0.29) is 0 Å². The van der Waals surface area contributed by atoms with Gasteiger partial charge in [-0.05, 0) is 59.3 Å². The van der Waals surface area contributed by atoms with E-state index in [0.29, 0.717) is 6.42 Å². The van der Waals surface area contributed by atoms with Crippen molar-refractivity contribution in [1.29, 1.82) is 5.26 Å². The standard InChI is InChI=1S/C22H17N2OS/c1-12-16-6-9-26-22(16)13(2)21-18(12)20-19-15(5-8-24(20)3)10-14(4-7-23)11-17(19)25-21/h5-6,8-11H,4H2,1-3H3/q+1. The molecule has 2 aromatic carbocycles. The molecule has 1 aliphatic heterocycles. The Hall–Kier alpha value is -2.90. The number of aryl methyl sites for hydroxylation is 3. The molecule has 0 fully saturated rings. The van der Waals surface area contributed by atoms with Gasteiger partial charge in [-0.25, -0.2) is 4.57 Å². The lowest BCUT2D eigenvalue weighted by molar-refractivity contribution is -0.659. The van der Waals surface area contributed by atoms with E-state index in [9.17, 15) is 0 Å². The fourth-order valence-corrected chi connectivity index (χ4v) is 5.07. The Labute approximate surface area is 155 Å². The van der Waals surface area contributed by atoms with Crippen LogP contribution in [-0.2, 0) is 13.5 Å². The van der Waals surface area contributed by atoms with E-state index in [1.807, 2.05) is 6.07 Å². The molecule has 0 saturated carbocycles. The van der Waals surface area contributed by atoms with Gasteiger partial charge in [0.1, 0.15) is 18.5 Å². The van der Waals surface area contributed by atoms with Crippen molar-refractivity contribution in [3.63, 3.8) is 0 Å². The Bertz CT molecular complexity index is 1280. The normalized spacial score (nSPS) is 12.1. The molecule has 0 radical (unpaired) electrons. The van der Waals surface area contributed by atoms with E-state index < -0.39 is 0 Å². The zero-order valence-electron chi connectivity index (χ0n) is 14.9. The minimum Gasteiger partial charge on any atom is -0.455 e. The van der Waals surface area contributed by atoms with Gasteiger partial charge in [0.05, 0.1) is 23.4 Å². The SMILES string of the molecule is Cc1c2c(c(C)c3sccc13)Oc1cc(CC#N)cc3cc[n+](C)c-2c13. The van der Waals surface area contributed by atoms with Crippen LogP contribution in [0.5, 0.6) is 11.5 Å². The minimum absolute atomic E-state index is 0.386. The van der Waals surface area contributed by atoms with E-state index >= 15 is 0 Å². The van der Waals surface area contributed by atoms with E-state index in [1.54, 1.807) is 11.3 Å². The largest absolute Gasteiger partial charge is 0.455 e. The van der Waals surface area contributed by atoms with Crippen LogP contribution < -0.4 is 9.30 Å². The van der Waals surface area contributed by atoms with Crippen molar-refractivity contribution in [3.05, 3.63) is 52.5 Å². The Morgan fingerprint density at radius 1 is 1.19 bits per heavy atom.